The monoisotopic (exact) mass is 752 g/mol. The van der Waals surface area contributed by atoms with Crippen molar-refractivity contribution in [1.29, 1.82) is 0 Å². The summed E-state index contributed by atoms with van der Waals surface area (Å²) in [5, 5.41) is 0. The minimum atomic E-state index is -2.18. The summed E-state index contributed by atoms with van der Waals surface area (Å²) in [6.07, 6.45) is 0.922. The Bertz CT molecular complexity index is 1460. The molecule has 0 unspecified atom stereocenters. The lowest BCUT2D eigenvalue weighted by Gasteiger charge is -2.46. The SMILES string of the molecule is CC(C)[Si](OC[C@@H]1[C@@H](OCc2ccccc2)[C@H](OCc2ccccc2)[C@@H](OCc2ccccc2)c2nc(I)cn21)(C(C)C)C(C)C. The van der Waals surface area contributed by atoms with E-state index < -0.39 is 20.5 Å². The van der Waals surface area contributed by atoms with Crippen molar-refractivity contribution >= 4 is 30.9 Å². The molecule has 6 nitrogen and oxygen atoms in total. The molecule has 46 heavy (non-hydrogen) atoms. The van der Waals surface area contributed by atoms with Crippen LogP contribution in [0.5, 0.6) is 0 Å². The maximum Gasteiger partial charge on any atom is 0.200 e. The molecule has 1 aromatic heterocycles. The highest BCUT2D eigenvalue weighted by atomic mass is 127. The Morgan fingerprint density at radius 3 is 1.54 bits per heavy atom. The maximum absolute atomic E-state index is 7.29. The van der Waals surface area contributed by atoms with E-state index in [-0.39, 0.29) is 12.1 Å². The first-order chi connectivity index (χ1) is 22.2. The van der Waals surface area contributed by atoms with E-state index in [1.54, 1.807) is 0 Å². The van der Waals surface area contributed by atoms with Crippen LogP contribution in [-0.4, -0.2) is 36.7 Å². The summed E-state index contributed by atoms with van der Waals surface area (Å²) in [6, 6.07) is 30.8. The van der Waals surface area contributed by atoms with Gasteiger partial charge in [0.25, 0.3) is 0 Å². The highest BCUT2D eigenvalue weighted by Gasteiger charge is 2.50. The van der Waals surface area contributed by atoms with Crippen LogP contribution in [0.2, 0.25) is 16.6 Å². The van der Waals surface area contributed by atoms with Crippen LogP contribution in [0.3, 0.4) is 0 Å². The average molecular weight is 753 g/mol. The molecule has 0 radical (unpaired) electrons. The minimum Gasteiger partial charge on any atom is -0.414 e. The van der Waals surface area contributed by atoms with Gasteiger partial charge in [-0.25, -0.2) is 4.98 Å². The molecule has 0 aliphatic carbocycles. The molecule has 5 rings (SSSR count). The first-order valence-electron chi connectivity index (χ1n) is 16.6. The molecule has 246 valence electrons. The molecule has 1 aliphatic heterocycles. The molecule has 8 heteroatoms. The second-order valence-electron chi connectivity index (χ2n) is 13.3. The van der Waals surface area contributed by atoms with Crippen LogP contribution in [0.4, 0.5) is 0 Å². The molecule has 0 bridgehead atoms. The minimum absolute atomic E-state index is 0.143. The molecule has 4 aromatic rings. The van der Waals surface area contributed by atoms with E-state index in [0.29, 0.717) is 43.1 Å². The molecule has 4 atom stereocenters. The van der Waals surface area contributed by atoms with Gasteiger partial charge in [0.15, 0.2) is 8.32 Å². The highest BCUT2D eigenvalue weighted by Crippen LogP contribution is 2.45. The van der Waals surface area contributed by atoms with Crippen molar-refractivity contribution in [2.45, 2.75) is 102 Å². The largest absolute Gasteiger partial charge is 0.414 e. The average Bonchev–Trinajstić information content (AvgIpc) is 3.44. The van der Waals surface area contributed by atoms with Gasteiger partial charge < -0.3 is 23.2 Å². The van der Waals surface area contributed by atoms with Crippen LogP contribution in [-0.2, 0) is 38.5 Å². The van der Waals surface area contributed by atoms with Crippen molar-refractivity contribution in [2.75, 3.05) is 6.61 Å². The van der Waals surface area contributed by atoms with Crippen molar-refractivity contribution < 1.29 is 18.6 Å². The lowest BCUT2D eigenvalue weighted by atomic mass is 9.95. The summed E-state index contributed by atoms with van der Waals surface area (Å²) in [4.78, 5) is 5.05. The molecule has 0 N–H and O–H groups in total. The summed E-state index contributed by atoms with van der Waals surface area (Å²) in [5.74, 6) is 0.859. The van der Waals surface area contributed by atoms with Gasteiger partial charge in [0.1, 0.15) is 27.8 Å². The van der Waals surface area contributed by atoms with E-state index >= 15 is 0 Å². The molecule has 0 spiro atoms. The standard InChI is InChI=1S/C38H49IN2O4Si/c1-27(2)46(28(3)4,29(5)6)45-26-33-35(42-23-30-16-10-7-11-17-30)36(43-24-31-18-12-8-13-19-31)37(38-40-34(39)22-41(33)38)44-25-32-20-14-9-15-21-32/h7-22,27-29,33,35-37H,23-26H2,1-6H3/t33-,35-,36+,37-/m1/s1. The van der Waals surface area contributed by atoms with E-state index in [2.05, 4.69) is 123 Å². The van der Waals surface area contributed by atoms with Gasteiger partial charge in [-0.1, -0.05) is 133 Å². The third kappa shape index (κ3) is 8.02. The lowest BCUT2D eigenvalue weighted by Crippen LogP contribution is -2.53. The molecule has 0 saturated heterocycles. The van der Waals surface area contributed by atoms with Gasteiger partial charge in [0.05, 0.1) is 32.5 Å². The number of aromatic nitrogens is 2. The fourth-order valence-corrected chi connectivity index (χ4v) is 13.3. The fourth-order valence-electron chi connectivity index (χ4n) is 7.31. The van der Waals surface area contributed by atoms with Crippen molar-refractivity contribution in [3.8, 4) is 0 Å². The van der Waals surface area contributed by atoms with Crippen LogP contribution in [0.25, 0.3) is 0 Å². The van der Waals surface area contributed by atoms with Crippen LogP contribution < -0.4 is 0 Å². The van der Waals surface area contributed by atoms with Gasteiger partial charge in [0.2, 0.25) is 0 Å². The normalized spacial score (nSPS) is 20.0. The molecule has 0 saturated carbocycles. The van der Waals surface area contributed by atoms with Gasteiger partial charge in [-0.15, -0.1) is 0 Å². The second kappa shape index (κ2) is 16.2. The number of halogens is 1. The summed E-state index contributed by atoms with van der Waals surface area (Å²) in [5.41, 5.74) is 4.73. The quantitative estimate of drug-likeness (QED) is 0.0895. The topological polar surface area (TPSA) is 54.7 Å². The van der Waals surface area contributed by atoms with Crippen LogP contribution in [0.15, 0.2) is 97.2 Å². The summed E-state index contributed by atoms with van der Waals surface area (Å²) < 4.78 is 31.1. The Morgan fingerprint density at radius 1 is 0.652 bits per heavy atom. The number of hydrogen-bond donors (Lipinski definition) is 0. The Labute approximate surface area is 290 Å². The smallest absolute Gasteiger partial charge is 0.200 e. The molecular formula is C38H49IN2O4Si. The number of fused-ring (bicyclic) bond motifs is 1. The van der Waals surface area contributed by atoms with Gasteiger partial charge in [0, 0.05) is 6.20 Å². The summed E-state index contributed by atoms with van der Waals surface area (Å²) >= 11 is 2.31. The third-order valence-corrected chi connectivity index (χ3v) is 16.0. The van der Waals surface area contributed by atoms with E-state index in [9.17, 15) is 0 Å². The molecule has 3 aromatic carbocycles. The molecule has 2 heterocycles. The van der Waals surface area contributed by atoms with E-state index in [0.717, 1.165) is 26.2 Å². The van der Waals surface area contributed by atoms with E-state index in [1.807, 2.05) is 42.5 Å². The first-order valence-corrected chi connectivity index (χ1v) is 19.8. The third-order valence-electron chi connectivity index (χ3n) is 9.40. The zero-order valence-electron chi connectivity index (χ0n) is 28.0. The number of nitrogens with zero attached hydrogens (tertiary/aromatic N) is 2. The fraction of sp³-hybridized carbons (Fsp3) is 0.447. The Balaban J connectivity index is 1.56. The predicted molar refractivity (Wildman–Crippen MR) is 195 cm³/mol. The van der Waals surface area contributed by atoms with Crippen LogP contribution in [0, 0.1) is 3.70 Å². The number of imidazole rings is 1. The highest BCUT2D eigenvalue weighted by molar-refractivity contribution is 14.1. The summed E-state index contributed by atoms with van der Waals surface area (Å²) in [7, 11) is -2.18. The second-order valence-corrected chi connectivity index (χ2v) is 19.8. The Morgan fingerprint density at radius 2 is 1.09 bits per heavy atom. The van der Waals surface area contributed by atoms with Gasteiger partial charge in [-0.2, -0.15) is 0 Å². The number of rotatable bonds is 15. The van der Waals surface area contributed by atoms with Gasteiger partial charge >= 0.3 is 0 Å². The first kappa shape index (κ1) is 35.0. The molecular weight excluding hydrogens is 703 g/mol. The zero-order chi connectivity index (χ0) is 32.7. The van der Waals surface area contributed by atoms with Crippen molar-refractivity contribution in [2.24, 2.45) is 0 Å². The Kier molecular flexibility index (Phi) is 12.3. The summed E-state index contributed by atoms with van der Waals surface area (Å²) in [6.45, 7) is 15.9. The van der Waals surface area contributed by atoms with Crippen molar-refractivity contribution in [3.63, 3.8) is 0 Å². The lowest BCUT2D eigenvalue weighted by molar-refractivity contribution is -0.185. The molecule has 0 fully saturated rings. The number of benzene rings is 3. The van der Waals surface area contributed by atoms with Gasteiger partial charge in [-0.05, 0) is 55.9 Å². The number of hydrogen-bond acceptors (Lipinski definition) is 5. The van der Waals surface area contributed by atoms with E-state index in [1.165, 1.54) is 0 Å². The van der Waals surface area contributed by atoms with E-state index in [4.69, 9.17) is 23.6 Å². The van der Waals surface area contributed by atoms with Crippen molar-refractivity contribution in [1.82, 2.24) is 9.55 Å². The predicted octanol–water partition coefficient (Wildman–Crippen LogP) is 9.66. The molecule has 0 amide bonds. The Hall–Kier alpha value is -2.34. The van der Waals surface area contributed by atoms with Crippen molar-refractivity contribution in [3.05, 3.63) is 123 Å². The number of ether oxygens (including phenoxy) is 3. The molecule has 1 aliphatic rings. The van der Waals surface area contributed by atoms with Crippen LogP contribution >= 0.6 is 22.6 Å². The zero-order valence-corrected chi connectivity index (χ0v) is 31.2. The van der Waals surface area contributed by atoms with Crippen LogP contribution in [0.1, 0.15) is 76.2 Å². The maximum atomic E-state index is 7.29. The van der Waals surface area contributed by atoms with Gasteiger partial charge in [-0.3, -0.25) is 0 Å².